The molecule has 0 amide bonds. The van der Waals surface area contributed by atoms with Crippen molar-refractivity contribution in [1.29, 1.82) is 0 Å². The van der Waals surface area contributed by atoms with Crippen molar-refractivity contribution in [3.8, 4) is 5.75 Å². The Kier molecular flexibility index (Phi) is 6.24. The molecule has 4 nitrogen and oxygen atoms in total. The summed E-state index contributed by atoms with van der Waals surface area (Å²) in [4.78, 5) is 15.7. The Morgan fingerprint density at radius 2 is 1.97 bits per heavy atom. The first-order chi connectivity index (χ1) is 14.2. The van der Waals surface area contributed by atoms with Crippen molar-refractivity contribution in [3.05, 3.63) is 63.3 Å². The molecule has 4 rings (SSSR count). The predicted octanol–water partition coefficient (Wildman–Crippen LogP) is 6.00. The van der Waals surface area contributed by atoms with Crippen LogP contribution in [0.5, 0.6) is 5.75 Å². The number of aromatic nitrogens is 1. The molecule has 0 radical (unpaired) electrons. The van der Waals surface area contributed by atoms with E-state index in [-0.39, 0.29) is 5.97 Å². The Balaban J connectivity index is 1.49. The average Bonchev–Trinajstić information content (AvgIpc) is 3.11. The molecular formula is C24H26BrNO3. The van der Waals surface area contributed by atoms with Crippen LogP contribution in [0.4, 0.5) is 0 Å². The molecule has 0 spiro atoms. The summed E-state index contributed by atoms with van der Waals surface area (Å²) in [5, 5.41) is 1.06. The normalized spacial score (nSPS) is 13.3. The summed E-state index contributed by atoms with van der Waals surface area (Å²) in [5.41, 5.74) is 5.29. The van der Waals surface area contributed by atoms with Crippen molar-refractivity contribution >= 4 is 32.8 Å². The van der Waals surface area contributed by atoms with Crippen LogP contribution in [0.1, 0.15) is 53.4 Å². The van der Waals surface area contributed by atoms with E-state index in [1.807, 2.05) is 25.1 Å². The highest BCUT2D eigenvalue weighted by Gasteiger charge is 2.20. The number of benzene rings is 2. The third kappa shape index (κ3) is 4.20. The molecule has 3 aromatic rings. The number of aryl methyl sites for hydroxylation is 2. The smallest absolute Gasteiger partial charge is 0.355 e. The summed E-state index contributed by atoms with van der Waals surface area (Å²) in [6, 6.07) is 12.4. The van der Waals surface area contributed by atoms with Crippen LogP contribution in [0.15, 0.2) is 40.9 Å². The van der Waals surface area contributed by atoms with Gasteiger partial charge >= 0.3 is 5.97 Å². The van der Waals surface area contributed by atoms with E-state index in [0.29, 0.717) is 18.9 Å². The van der Waals surface area contributed by atoms with Crippen molar-refractivity contribution in [3.63, 3.8) is 0 Å². The maximum atomic E-state index is 12.5. The zero-order valence-electron chi connectivity index (χ0n) is 16.7. The molecule has 29 heavy (non-hydrogen) atoms. The van der Waals surface area contributed by atoms with Crippen LogP contribution in [0, 0.1) is 0 Å². The van der Waals surface area contributed by atoms with Crippen LogP contribution >= 0.6 is 15.9 Å². The van der Waals surface area contributed by atoms with Gasteiger partial charge < -0.3 is 14.5 Å². The van der Waals surface area contributed by atoms with Crippen LogP contribution in [0.3, 0.4) is 0 Å². The van der Waals surface area contributed by atoms with E-state index in [2.05, 4.69) is 39.1 Å². The Morgan fingerprint density at radius 3 is 2.83 bits per heavy atom. The van der Waals surface area contributed by atoms with Crippen molar-refractivity contribution in [1.82, 2.24) is 4.98 Å². The van der Waals surface area contributed by atoms with Gasteiger partial charge in [0, 0.05) is 9.86 Å². The van der Waals surface area contributed by atoms with Gasteiger partial charge in [-0.2, -0.15) is 0 Å². The minimum atomic E-state index is -0.302. The van der Waals surface area contributed by atoms with Crippen LogP contribution < -0.4 is 4.74 Å². The van der Waals surface area contributed by atoms with Gasteiger partial charge in [-0.3, -0.25) is 0 Å². The van der Waals surface area contributed by atoms with E-state index in [9.17, 15) is 4.79 Å². The van der Waals surface area contributed by atoms with E-state index in [1.165, 1.54) is 24.0 Å². The first-order valence-electron chi connectivity index (χ1n) is 10.4. The summed E-state index contributed by atoms with van der Waals surface area (Å²) < 4.78 is 12.4. The average molecular weight is 456 g/mol. The Bertz CT molecular complexity index is 1020. The third-order valence-corrected chi connectivity index (χ3v) is 6.21. The summed E-state index contributed by atoms with van der Waals surface area (Å²) >= 11 is 3.57. The molecule has 5 heteroatoms. The summed E-state index contributed by atoms with van der Waals surface area (Å²) in [5.74, 6) is 0.720. The first kappa shape index (κ1) is 20.0. The number of rotatable bonds is 7. The van der Waals surface area contributed by atoms with Gasteiger partial charge in [-0.15, -0.1) is 0 Å². The fourth-order valence-corrected chi connectivity index (χ4v) is 4.65. The molecule has 0 atom stereocenters. The maximum Gasteiger partial charge on any atom is 0.355 e. The summed E-state index contributed by atoms with van der Waals surface area (Å²) in [6.45, 7) is 2.81. The van der Waals surface area contributed by atoms with Crippen LogP contribution in [0.2, 0.25) is 0 Å². The van der Waals surface area contributed by atoms with Crippen molar-refractivity contribution in [2.75, 3.05) is 13.2 Å². The topological polar surface area (TPSA) is 51.3 Å². The molecule has 1 heterocycles. The van der Waals surface area contributed by atoms with Gasteiger partial charge in [-0.1, -0.05) is 24.3 Å². The number of hydrogen-bond donors (Lipinski definition) is 1. The van der Waals surface area contributed by atoms with Gasteiger partial charge in [-0.25, -0.2) is 4.79 Å². The van der Waals surface area contributed by atoms with Crippen molar-refractivity contribution < 1.29 is 14.3 Å². The van der Waals surface area contributed by atoms with Gasteiger partial charge in [0.25, 0.3) is 0 Å². The minimum Gasteiger partial charge on any atom is -0.493 e. The number of carbonyl (C=O) groups excluding carboxylic acids is 1. The van der Waals surface area contributed by atoms with Crippen molar-refractivity contribution in [2.24, 2.45) is 0 Å². The van der Waals surface area contributed by atoms with Gasteiger partial charge in [0.2, 0.25) is 0 Å². The zero-order chi connectivity index (χ0) is 20.2. The lowest BCUT2D eigenvalue weighted by Gasteiger charge is -2.19. The molecule has 152 valence electrons. The number of ether oxygens (including phenoxy) is 2. The second-order valence-electron chi connectivity index (χ2n) is 7.41. The van der Waals surface area contributed by atoms with Gasteiger partial charge in [0.1, 0.15) is 11.4 Å². The summed E-state index contributed by atoms with van der Waals surface area (Å²) in [6.07, 6.45) is 6.34. The number of H-pyrrole nitrogens is 1. The molecular weight excluding hydrogens is 430 g/mol. The number of para-hydroxylation sites is 1. The molecule has 0 saturated heterocycles. The molecule has 1 aliphatic carbocycles. The number of aromatic amines is 1. The predicted molar refractivity (Wildman–Crippen MR) is 119 cm³/mol. The van der Waals surface area contributed by atoms with Gasteiger partial charge in [0.05, 0.1) is 18.7 Å². The molecule has 0 unspecified atom stereocenters. The number of fused-ring (bicyclic) bond motifs is 2. The molecule has 0 aliphatic heterocycles. The van der Waals surface area contributed by atoms with E-state index < -0.39 is 0 Å². The highest BCUT2D eigenvalue weighted by Crippen LogP contribution is 2.31. The quantitative estimate of drug-likeness (QED) is 0.351. The molecule has 0 saturated carbocycles. The molecule has 2 aromatic carbocycles. The van der Waals surface area contributed by atoms with E-state index in [0.717, 1.165) is 52.4 Å². The monoisotopic (exact) mass is 455 g/mol. The van der Waals surface area contributed by atoms with Crippen LogP contribution in [-0.4, -0.2) is 24.2 Å². The number of esters is 1. The molecule has 1 aliphatic rings. The Hall–Kier alpha value is -2.27. The minimum absolute atomic E-state index is 0.302. The Labute approximate surface area is 179 Å². The van der Waals surface area contributed by atoms with Gasteiger partial charge in [-0.05, 0) is 90.2 Å². The number of nitrogens with one attached hydrogen (secondary N) is 1. The molecule has 1 N–H and O–H groups in total. The molecule has 1 aromatic heterocycles. The number of halogens is 1. The highest BCUT2D eigenvalue weighted by molar-refractivity contribution is 9.10. The molecule has 0 bridgehead atoms. The second kappa shape index (κ2) is 9.04. The fraction of sp³-hybridized carbons (Fsp3) is 0.375. The second-order valence-corrected chi connectivity index (χ2v) is 8.27. The lowest BCUT2D eigenvalue weighted by molar-refractivity contribution is 0.0519. The number of hydrogen-bond acceptors (Lipinski definition) is 3. The van der Waals surface area contributed by atoms with E-state index >= 15 is 0 Å². The van der Waals surface area contributed by atoms with E-state index in [1.54, 1.807) is 0 Å². The standard InChI is InChI=1S/C24H26BrNO3/c1-2-28-24(27)23-19(18-11-6-13-20(25)22(18)26-23)12-7-15-29-21-14-5-9-16-8-3-4-10-17(16)21/h5-6,9,11,13-14,26H,2-4,7-8,10,12,15H2,1H3. The summed E-state index contributed by atoms with van der Waals surface area (Å²) in [7, 11) is 0. The fourth-order valence-electron chi connectivity index (χ4n) is 4.19. The Morgan fingerprint density at radius 1 is 1.14 bits per heavy atom. The SMILES string of the molecule is CCOC(=O)c1[nH]c2c(Br)cccc2c1CCCOc1cccc2c1CCCC2. The molecule has 0 fully saturated rings. The largest absolute Gasteiger partial charge is 0.493 e. The van der Waals surface area contributed by atoms with Crippen LogP contribution in [-0.2, 0) is 24.0 Å². The van der Waals surface area contributed by atoms with E-state index in [4.69, 9.17) is 9.47 Å². The van der Waals surface area contributed by atoms with Crippen LogP contribution in [0.25, 0.3) is 10.9 Å². The highest BCUT2D eigenvalue weighted by atomic mass is 79.9. The first-order valence-corrected chi connectivity index (χ1v) is 11.2. The lowest BCUT2D eigenvalue weighted by atomic mass is 9.91. The maximum absolute atomic E-state index is 12.5. The zero-order valence-corrected chi connectivity index (χ0v) is 18.3. The van der Waals surface area contributed by atoms with Crippen molar-refractivity contribution in [2.45, 2.75) is 45.4 Å². The third-order valence-electron chi connectivity index (χ3n) is 5.55. The number of carbonyl (C=O) groups is 1. The lowest BCUT2D eigenvalue weighted by Crippen LogP contribution is -2.10. The van der Waals surface area contributed by atoms with Gasteiger partial charge in [0.15, 0.2) is 0 Å².